The molecule has 1 atom stereocenters. The van der Waals surface area contributed by atoms with Crippen molar-refractivity contribution in [1.82, 2.24) is 0 Å². The van der Waals surface area contributed by atoms with Crippen LogP contribution in [-0.2, 0) is 6.42 Å². The molecular weight excluding hydrogens is 277 g/mol. The van der Waals surface area contributed by atoms with Gasteiger partial charge in [0.15, 0.2) is 0 Å². The van der Waals surface area contributed by atoms with Gasteiger partial charge in [0.2, 0.25) is 0 Å². The molecule has 100 valence electrons. The van der Waals surface area contributed by atoms with Crippen LogP contribution in [0.25, 0.3) is 0 Å². The largest absolute Gasteiger partial charge is 0.324 e. The number of rotatable bonds is 3. The van der Waals surface area contributed by atoms with E-state index < -0.39 is 0 Å². The molecule has 0 heterocycles. The summed E-state index contributed by atoms with van der Waals surface area (Å²) in [5.41, 5.74) is 10.9. The quantitative estimate of drug-likeness (QED) is 0.860. The standard InChI is InChI=1S/C16H17Cl2N/c1-10-5-11(2)7-13(6-10)16(19)9-12-8-14(17)3-4-15(12)18/h3-8,16H,9,19H2,1-2H3. The maximum atomic E-state index is 6.28. The number of aryl methyl sites for hydroxylation is 2. The fourth-order valence-corrected chi connectivity index (χ4v) is 2.67. The van der Waals surface area contributed by atoms with Gasteiger partial charge in [0.25, 0.3) is 0 Å². The van der Waals surface area contributed by atoms with E-state index in [2.05, 4.69) is 32.0 Å². The molecule has 2 rings (SSSR count). The Labute approximate surface area is 124 Å². The van der Waals surface area contributed by atoms with Crippen molar-refractivity contribution in [3.05, 3.63) is 68.7 Å². The van der Waals surface area contributed by atoms with Crippen molar-refractivity contribution in [2.75, 3.05) is 0 Å². The molecule has 19 heavy (non-hydrogen) atoms. The number of nitrogens with two attached hydrogens (primary N) is 1. The van der Waals surface area contributed by atoms with Crippen LogP contribution in [0.3, 0.4) is 0 Å². The molecule has 0 aromatic heterocycles. The lowest BCUT2D eigenvalue weighted by Crippen LogP contribution is -2.14. The average molecular weight is 294 g/mol. The summed E-state index contributed by atoms with van der Waals surface area (Å²) in [6.45, 7) is 4.16. The summed E-state index contributed by atoms with van der Waals surface area (Å²) in [5.74, 6) is 0. The number of hydrogen-bond donors (Lipinski definition) is 1. The Morgan fingerprint density at radius 2 is 1.63 bits per heavy atom. The molecule has 2 aromatic carbocycles. The van der Waals surface area contributed by atoms with Crippen molar-refractivity contribution in [3.8, 4) is 0 Å². The van der Waals surface area contributed by atoms with Crippen molar-refractivity contribution in [1.29, 1.82) is 0 Å². The third-order valence-corrected chi connectivity index (χ3v) is 3.72. The minimum Gasteiger partial charge on any atom is -0.324 e. The fraction of sp³-hybridized carbons (Fsp3) is 0.250. The fourth-order valence-electron chi connectivity index (χ4n) is 2.28. The Kier molecular flexibility index (Phi) is 4.51. The third-order valence-electron chi connectivity index (χ3n) is 3.12. The highest BCUT2D eigenvalue weighted by Crippen LogP contribution is 2.26. The SMILES string of the molecule is Cc1cc(C)cc(C(N)Cc2cc(Cl)ccc2Cl)c1. The van der Waals surface area contributed by atoms with Crippen LogP contribution in [0.15, 0.2) is 36.4 Å². The van der Waals surface area contributed by atoms with E-state index in [4.69, 9.17) is 28.9 Å². The third kappa shape index (κ3) is 3.73. The second-order valence-electron chi connectivity index (χ2n) is 4.97. The number of halogens is 2. The molecular formula is C16H17Cl2N. The number of hydrogen-bond acceptors (Lipinski definition) is 1. The summed E-state index contributed by atoms with van der Waals surface area (Å²) in [6, 6.07) is 11.8. The maximum Gasteiger partial charge on any atom is 0.0439 e. The molecule has 0 bridgehead atoms. The van der Waals surface area contributed by atoms with Gasteiger partial charge in [-0.2, -0.15) is 0 Å². The highest BCUT2D eigenvalue weighted by Gasteiger charge is 2.11. The first-order valence-corrected chi connectivity index (χ1v) is 6.99. The van der Waals surface area contributed by atoms with Crippen LogP contribution in [0, 0.1) is 13.8 Å². The van der Waals surface area contributed by atoms with Gasteiger partial charge >= 0.3 is 0 Å². The maximum absolute atomic E-state index is 6.28. The summed E-state index contributed by atoms with van der Waals surface area (Å²) in [6.07, 6.45) is 0.683. The van der Waals surface area contributed by atoms with E-state index in [9.17, 15) is 0 Å². The summed E-state index contributed by atoms with van der Waals surface area (Å²) >= 11 is 12.2. The van der Waals surface area contributed by atoms with E-state index in [1.54, 1.807) is 6.07 Å². The molecule has 0 aliphatic carbocycles. The molecule has 0 radical (unpaired) electrons. The predicted molar refractivity (Wildman–Crippen MR) is 83.0 cm³/mol. The highest BCUT2D eigenvalue weighted by atomic mass is 35.5. The Morgan fingerprint density at radius 3 is 2.26 bits per heavy atom. The van der Waals surface area contributed by atoms with Gasteiger partial charge in [-0.15, -0.1) is 0 Å². The molecule has 0 aliphatic heterocycles. The average Bonchev–Trinajstić information content (AvgIpc) is 2.32. The van der Waals surface area contributed by atoms with E-state index in [1.807, 2.05) is 12.1 Å². The van der Waals surface area contributed by atoms with Gasteiger partial charge in [-0.25, -0.2) is 0 Å². The predicted octanol–water partition coefficient (Wildman–Crippen LogP) is 4.85. The van der Waals surface area contributed by atoms with E-state index in [0.29, 0.717) is 16.5 Å². The normalized spacial score (nSPS) is 12.5. The topological polar surface area (TPSA) is 26.0 Å². The van der Waals surface area contributed by atoms with Crippen LogP contribution in [0.4, 0.5) is 0 Å². The van der Waals surface area contributed by atoms with E-state index >= 15 is 0 Å². The second kappa shape index (κ2) is 5.96. The van der Waals surface area contributed by atoms with Crippen LogP contribution in [-0.4, -0.2) is 0 Å². The molecule has 1 nitrogen and oxygen atoms in total. The van der Waals surface area contributed by atoms with E-state index in [1.165, 1.54) is 11.1 Å². The van der Waals surface area contributed by atoms with Gasteiger partial charge in [0, 0.05) is 16.1 Å². The first-order valence-electron chi connectivity index (χ1n) is 6.23. The first-order chi connectivity index (χ1) is 8.95. The summed E-state index contributed by atoms with van der Waals surface area (Å²) in [7, 11) is 0. The van der Waals surface area contributed by atoms with Crippen molar-refractivity contribution in [2.24, 2.45) is 5.73 Å². The first kappa shape index (κ1) is 14.4. The lowest BCUT2D eigenvalue weighted by Gasteiger charge is -2.15. The minimum atomic E-state index is -0.0745. The molecule has 2 N–H and O–H groups in total. The van der Waals surface area contributed by atoms with Gasteiger partial charge in [0.05, 0.1) is 0 Å². The van der Waals surface area contributed by atoms with Gasteiger partial charge in [0.1, 0.15) is 0 Å². The molecule has 0 saturated heterocycles. The zero-order chi connectivity index (χ0) is 14.0. The lowest BCUT2D eigenvalue weighted by atomic mass is 9.96. The highest BCUT2D eigenvalue weighted by molar-refractivity contribution is 6.33. The monoisotopic (exact) mass is 293 g/mol. The van der Waals surface area contributed by atoms with Crippen LogP contribution in [0.5, 0.6) is 0 Å². The molecule has 3 heteroatoms. The van der Waals surface area contributed by atoms with Gasteiger partial charge in [-0.3, -0.25) is 0 Å². The van der Waals surface area contributed by atoms with Crippen LogP contribution in [0.1, 0.15) is 28.3 Å². The molecule has 1 unspecified atom stereocenters. The summed E-state index contributed by atoms with van der Waals surface area (Å²) in [4.78, 5) is 0. The second-order valence-corrected chi connectivity index (χ2v) is 5.81. The van der Waals surface area contributed by atoms with Crippen molar-refractivity contribution >= 4 is 23.2 Å². The Balaban J connectivity index is 2.25. The zero-order valence-corrected chi connectivity index (χ0v) is 12.6. The van der Waals surface area contributed by atoms with Crippen molar-refractivity contribution < 1.29 is 0 Å². The Bertz CT molecular complexity index is 573. The van der Waals surface area contributed by atoms with Crippen molar-refractivity contribution in [2.45, 2.75) is 26.3 Å². The van der Waals surface area contributed by atoms with Gasteiger partial charge < -0.3 is 5.73 Å². The molecule has 0 aliphatic rings. The van der Waals surface area contributed by atoms with Crippen LogP contribution < -0.4 is 5.73 Å². The molecule has 0 spiro atoms. The van der Waals surface area contributed by atoms with Crippen LogP contribution >= 0.6 is 23.2 Å². The van der Waals surface area contributed by atoms with Gasteiger partial charge in [-0.1, -0.05) is 52.5 Å². The van der Waals surface area contributed by atoms with E-state index in [-0.39, 0.29) is 6.04 Å². The zero-order valence-electron chi connectivity index (χ0n) is 11.1. The minimum absolute atomic E-state index is 0.0745. The van der Waals surface area contributed by atoms with E-state index in [0.717, 1.165) is 11.1 Å². The molecule has 0 saturated carbocycles. The van der Waals surface area contributed by atoms with Gasteiger partial charge in [-0.05, 0) is 49.6 Å². The Morgan fingerprint density at radius 1 is 1.00 bits per heavy atom. The molecule has 0 amide bonds. The molecule has 2 aromatic rings. The lowest BCUT2D eigenvalue weighted by molar-refractivity contribution is 0.720. The summed E-state index contributed by atoms with van der Waals surface area (Å²) < 4.78 is 0. The van der Waals surface area contributed by atoms with Crippen molar-refractivity contribution in [3.63, 3.8) is 0 Å². The summed E-state index contributed by atoms with van der Waals surface area (Å²) in [5, 5.41) is 1.40. The molecule has 0 fully saturated rings. The smallest absolute Gasteiger partial charge is 0.0439 e. The number of benzene rings is 2. The van der Waals surface area contributed by atoms with Crippen LogP contribution in [0.2, 0.25) is 10.0 Å². The Hall–Kier alpha value is -1.02.